The van der Waals surface area contributed by atoms with E-state index in [-0.39, 0.29) is 0 Å². The SMILES string of the molecule is C=C(/C=C\c1ccc2ccc(-c3ccc4ccc(-c5ccc6ccc(/C=C\C(=C)c7ccc(C)c8ccccc78)c(C)c6n5)cc4c3)nc2c1C)c1ccc(C)c2ccccc12. The summed E-state index contributed by atoms with van der Waals surface area (Å²) >= 11 is 0. The summed E-state index contributed by atoms with van der Waals surface area (Å²) in [5.74, 6) is 0. The molecule has 0 aliphatic rings. The zero-order valence-corrected chi connectivity index (χ0v) is 35.6. The third-order valence-corrected chi connectivity index (χ3v) is 12.7. The first-order valence-electron chi connectivity index (χ1n) is 21.3. The number of hydrogen-bond acceptors (Lipinski definition) is 2. The zero-order valence-electron chi connectivity index (χ0n) is 35.6. The Kier molecular flexibility index (Phi) is 9.77. The summed E-state index contributed by atoms with van der Waals surface area (Å²) in [6.45, 7) is 17.6. The van der Waals surface area contributed by atoms with Crippen LogP contribution >= 0.6 is 0 Å². The van der Waals surface area contributed by atoms with Gasteiger partial charge in [0, 0.05) is 21.9 Å². The first kappa shape index (κ1) is 38.5. The average molecular weight is 795 g/mol. The molecular weight excluding hydrogens is 749 g/mol. The van der Waals surface area contributed by atoms with Crippen molar-refractivity contribution in [2.75, 3.05) is 0 Å². The van der Waals surface area contributed by atoms with E-state index in [1.54, 1.807) is 0 Å². The molecule has 0 atom stereocenters. The molecule has 0 spiro atoms. The Labute approximate surface area is 363 Å². The molecule has 10 aromatic rings. The normalized spacial score (nSPS) is 11.9. The fourth-order valence-electron chi connectivity index (χ4n) is 8.96. The molecule has 8 aromatic carbocycles. The molecule has 0 unspecified atom stereocenters. The van der Waals surface area contributed by atoms with Crippen LogP contribution in [0.1, 0.15) is 44.5 Å². The Morgan fingerprint density at radius 1 is 0.403 bits per heavy atom. The van der Waals surface area contributed by atoms with Gasteiger partial charge >= 0.3 is 0 Å². The molecule has 296 valence electrons. The molecule has 0 saturated heterocycles. The minimum Gasteiger partial charge on any atom is -0.247 e. The van der Waals surface area contributed by atoms with Gasteiger partial charge in [-0.1, -0.05) is 171 Å². The summed E-state index contributed by atoms with van der Waals surface area (Å²) in [4.78, 5) is 10.5. The Bertz CT molecular complexity index is 3310. The second-order valence-electron chi connectivity index (χ2n) is 16.5. The maximum absolute atomic E-state index is 5.26. The fourth-order valence-corrected chi connectivity index (χ4v) is 8.96. The van der Waals surface area contributed by atoms with Crippen LogP contribution in [0, 0.1) is 27.7 Å². The van der Waals surface area contributed by atoms with Gasteiger partial charge in [0.15, 0.2) is 0 Å². The Balaban J connectivity index is 0.932. The zero-order chi connectivity index (χ0) is 42.5. The standard InChI is InChI=1S/C60H46N2/c1-37(53-31-17-39(3)51-11-7-9-13-55(51)53)15-19-43-21-25-46-29-33-57(61-59(46)41(43)5)48-27-23-45-24-28-49(36-50(45)35-48)58-34-30-47-26-22-44(42(6)60(47)62-58)20-16-38(2)54-32-18-40(4)52-12-8-10-14-56(52)54/h7-36H,1-2H2,3-6H3/b19-15-,20-16-. The molecule has 0 bridgehead atoms. The Hall–Kier alpha value is -7.68. The number of aromatic nitrogens is 2. The van der Waals surface area contributed by atoms with Gasteiger partial charge in [-0.05, 0) is 140 Å². The molecule has 0 saturated carbocycles. The van der Waals surface area contributed by atoms with Gasteiger partial charge in [0.2, 0.25) is 0 Å². The van der Waals surface area contributed by atoms with E-state index >= 15 is 0 Å². The molecule has 0 fully saturated rings. The second kappa shape index (κ2) is 15.7. The first-order chi connectivity index (χ1) is 30.2. The van der Waals surface area contributed by atoms with E-state index in [0.29, 0.717) is 0 Å². The molecule has 0 N–H and O–H groups in total. The quantitative estimate of drug-likeness (QED) is 0.143. The van der Waals surface area contributed by atoms with E-state index in [1.165, 1.54) is 38.1 Å². The highest BCUT2D eigenvalue weighted by Crippen LogP contribution is 2.34. The first-order valence-corrected chi connectivity index (χ1v) is 21.3. The van der Waals surface area contributed by atoms with Gasteiger partial charge < -0.3 is 0 Å². The van der Waals surface area contributed by atoms with Crippen LogP contribution in [0.2, 0.25) is 0 Å². The van der Waals surface area contributed by atoms with Crippen molar-refractivity contribution in [3.63, 3.8) is 0 Å². The van der Waals surface area contributed by atoms with Crippen molar-refractivity contribution in [2.24, 2.45) is 0 Å². The van der Waals surface area contributed by atoms with E-state index in [2.05, 4.69) is 223 Å². The van der Waals surface area contributed by atoms with Gasteiger partial charge in [-0.25, -0.2) is 9.97 Å². The van der Waals surface area contributed by atoms with Crippen LogP contribution in [0.15, 0.2) is 183 Å². The van der Waals surface area contributed by atoms with E-state index in [1.807, 2.05) is 0 Å². The molecule has 0 amide bonds. The predicted molar refractivity (Wildman–Crippen MR) is 268 cm³/mol. The lowest BCUT2D eigenvalue weighted by Crippen LogP contribution is -1.92. The van der Waals surface area contributed by atoms with Crippen LogP contribution in [-0.2, 0) is 0 Å². The molecule has 2 aromatic heterocycles. The van der Waals surface area contributed by atoms with Gasteiger partial charge in [0.1, 0.15) is 0 Å². The highest BCUT2D eigenvalue weighted by Gasteiger charge is 2.12. The summed E-state index contributed by atoms with van der Waals surface area (Å²) in [7, 11) is 0. The van der Waals surface area contributed by atoms with Gasteiger partial charge in [0.05, 0.1) is 22.4 Å². The molecule has 0 radical (unpaired) electrons. The van der Waals surface area contributed by atoms with Gasteiger partial charge in [-0.15, -0.1) is 0 Å². The van der Waals surface area contributed by atoms with Crippen molar-refractivity contribution >= 4 is 77.4 Å². The molecule has 62 heavy (non-hydrogen) atoms. The topological polar surface area (TPSA) is 25.8 Å². The molecular formula is C60H46N2. The maximum atomic E-state index is 5.26. The predicted octanol–water partition coefficient (Wildman–Crippen LogP) is 16.3. The van der Waals surface area contributed by atoms with Crippen molar-refractivity contribution in [1.82, 2.24) is 9.97 Å². The van der Waals surface area contributed by atoms with E-state index in [4.69, 9.17) is 9.97 Å². The summed E-state index contributed by atoms with van der Waals surface area (Å²) in [6.07, 6.45) is 8.60. The highest BCUT2D eigenvalue weighted by molar-refractivity contribution is 6.00. The van der Waals surface area contributed by atoms with Gasteiger partial charge in [-0.2, -0.15) is 0 Å². The molecule has 2 heterocycles. The minimum absolute atomic E-state index is 0.947. The van der Waals surface area contributed by atoms with Crippen molar-refractivity contribution in [2.45, 2.75) is 27.7 Å². The summed E-state index contributed by atoms with van der Waals surface area (Å²) < 4.78 is 0. The molecule has 0 aliphatic carbocycles. The summed E-state index contributed by atoms with van der Waals surface area (Å²) in [5.41, 5.74) is 17.4. The fraction of sp³-hybridized carbons (Fsp3) is 0.0667. The lowest BCUT2D eigenvalue weighted by Gasteiger charge is -2.11. The number of aryl methyl sites for hydroxylation is 4. The van der Waals surface area contributed by atoms with Crippen LogP contribution in [0.4, 0.5) is 0 Å². The molecule has 2 heteroatoms. The maximum Gasteiger partial charge on any atom is 0.0744 e. The third kappa shape index (κ3) is 7.00. The van der Waals surface area contributed by atoms with E-state index in [0.717, 1.165) is 94.2 Å². The summed E-state index contributed by atoms with van der Waals surface area (Å²) in [5, 5.41) is 9.54. The monoisotopic (exact) mass is 794 g/mol. The number of allylic oxidation sites excluding steroid dienone is 4. The van der Waals surface area contributed by atoms with Crippen molar-refractivity contribution in [3.05, 3.63) is 228 Å². The second-order valence-corrected chi connectivity index (χ2v) is 16.5. The molecule has 2 nitrogen and oxygen atoms in total. The van der Waals surface area contributed by atoms with Crippen molar-refractivity contribution in [3.8, 4) is 22.5 Å². The lowest BCUT2D eigenvalue weighted by atomic mass is 9.95. The number of pyridine rings is 2. The Morgan fingerprint density at radius 2 is 0.806 bits per heavy atom. The number of benzene rings is 8. The van der Waals surface area contributed by atoms with Crippen LogP contribution in [0.25, 0.3) is 99.9 Å². The smallest absolute Gasteiger partial charge is 0.0744 e. The largest absolute Gasteiger partial charge is 0.247 e. The van der Waals surface area contributed by atoms with Crippen LogP contribution in [0.5, 0.6) is 0 Å². The van der Waals surface area contributed by atoms with Crippen molar-refractivity contribution in [1.29, 1.82) is 0 Å². The van der Waals surface area contributed by atoms with Crippen molar-refractivity contribution < 1.29 is 0 Å². The van der Waals surface area contributed by atoms with Gasteiger partial charge in [-0.3, -0.25) is 0 Å². The Morgan fingerprint density at radius 3 is 1.26 bits per heavy atom. The van der Waals surface area contributed by atoms with Crippen LogP contribution in [0.3, 0.4) is 0 Å². The molecule has 0 aliphatic heterocycles. The lowest BCUT2D eigenvalue weighted by molar-refractivity contribution is 1.35. The molecule has 10 rings (SSSR count). The number of rotatable bonds is 8. The van der Waals surface area contributed by atoms with E-state index < -0.39 is 0 Å². The van der Waals surface area contributed by atoms with Gasteiger partial charge in [0.25, 0.3) is 0 Å². The average Bonchev–Trinajstić information content (AvgIpc) is 3.31. The van der Waals surface area contributed by atoms with Crippen LogP contribution in [-0.4, -0.2) is 9.97 Å². The highest BCUT2D eigenvalue weighted by atomic mass is 14.7. The van der Waals surface area contributed by atoms with Crippen LogP contribution < -0.4 is 0 Å². The number of nitrogens with zero attached hydrogens (tertiary/aromatic N) is 2. The third-order valence-electron chi connectivity index (χ3n) is 12.7. The van der Waals surface area contributed by atoms with E-state index in [9.17, 15) is 0 Å². The minimum atomic E-state index is 0.947. The number of hydrogen-bond donors (Lipinski definition) is 0. The number of fused-ring (bicyclic) bond motifs is 5. The summed E-state index contributed by atoms with van der Waals surface area (Å²) in [6, 6.07) is 56.4.